The predicted octanol–water partition coefficient (Wildman–Crippen LogP) is 6.77. The molecule has 3 aliphatic rings. The molecule has 4 nitrogen and oxygen atoms in total. The maximum Gasteiger partial charge on any atom is 0.116 e. The van der Waals surface area contributed by atoms with E-state index >= 15 is 0 Å². The summed E-state index contributed by atoms with van der Waals surface area (Å²) < 4.78 is 5.69. The third kappa shape index (κ3) is 6.96. The first-order valence-corrected chi connectivity index (χ1v) is 15.1. The number of piperidine rings is 1. The van der Waals surface area contributed by atoms with E-state index in [9.17, 15) is 5.11 Å². The maximum absolute atomic E-state index is 9.93. The van der Waals surface area contributed by atoms with E-state index in [0.717, 1.165) is 51.1 Å². The van der Waals surface area contributed by atoms with Gasteiger partial charge in [-0.2, -0.15) is 0 Å². The molecular formula is C35H48N2O2. The second-order valence-corrected chi connectivity index (χ2v) is 12.8. The Morgan fingerprint density at radius 2 is 1.87 bits per heavy atom. The zero-order valence-electron chi connectivity index (χ0n) is 24.5. The largest absolute Gasteiger partial charge is 0.508 e. The van der Waals surface area contributed by atoms with Gasteiger partial charge in [-0.1, -0.05) is 57.2 Å². The van der Waals surface area contributed by atoms with Gasteiger partial charge in [0.25, 0.3) is 0 Å². The number of rotatable bonds is 9. The Bertz CT molecular complexity index is 1170. The number of hydrogen-bond acceptors (Lipinski definition) is 4. The second kappa shape index (κ2) is 12.3. The maximum atomic E-state index is 9.93. The van der Waals surface area contributed by atoms with E-state index in [2.05, 4.69) is 79.1 Å². The van der Waals surface area contributed by atoms with Crippen LogP contribution in [0.1, 0.15) is 62.3 Å². The van der Waals surface area contributed by atoms with E-state index in [1.165, 1.54) is 48.2 Å². The number of aromatic hydroxyl groups is 1. The molecule has 3 atom stereocenters. The van der Waals surface area contributed by atoms with Crippen LogP contribution in [0.5, 0.6) is 5.75 Å². The van der Waals surface area contributed by atoms with Gasteiger partial charge in [0, 0.05) is 25.7 Å². The number of fused-ring (bicyclic) bond motifs is 1. The van der Waals surface area contributed by atoms with Crippen LogP contribution in [0.4, 0.5) is 0 Å². The van der Waals surface area contributed by atoms with Crippen molar-refractivity contribution in [2.75, 3.05) is 33.3 Å². The lowest BCUT2D eigenvalue weighted by Gasteiger charge is -2.41. The van der Waals surface area contributed by atoms with Gasteiger partial charge < -0.3 is 14.7 Å². The summed E-state index contributed by atoms with van der Waals surface area (Å²) in [6, 6.07) is 15.6. The summed E-state index contributed by atoms with van der Waals surface area (Å²) in [6.45, 7) is 12.7. The lowest BCUT2D eigenvalue weighted by molar-refractivity contribution is 0.119. The first-order valence-electron chi connectivity index (χ1n) is 15.1. The molecule has 2 unspecified atom stereocenters. The zero-order valence-corrected chi connectivity index (χ0v) is 24.5. The molecule has 39 heavy (non-hydrogen) atoms. The van der Waals surface area contributed by atoms with Crippen LogP contribution in [0, 0.1) is 17.3 Å². The number of likely N-dealkylation sites (tertiary alicyclic amines) is 1. The lowest BCUT2D eigenvalue weighted by Crippen LogP contribution is -2.43. The normalized spacial score (nSPS) is 24.8. The summed E-state index contributed by atoms with van der Waals surface area (Å²) in [5.74, 6) is 2.37. The molecule has 0 aromatic heterocycles. The number of benzene rings is 2. The number of nitrogens with zero attached hydrogens (tertiary/aromatic N) is 2. The third-order valence-corrected chi connectivity index (χ3v) is 9.38. The van der Waals surface area contributed by atoms with Gasteiger partial charge in [0.1, 0.15) is 11.5 Å². The predicted molar refractivity (Wildman–Crippen MR) is 161 cm³/mol. The molecule has 0 bridgehead atoms. The standard InChI is InChI=1S/C35H48N2O2/c1-5-37(24-27-9-7-26(8-10-27)17-20-36-19-6-18-35(2,3)25-36)34-23-32(39-4)15-16-33(34)30-12-11-29-22-31(38)14-13-28(29)21-30/h7-10,13-16,22-23,30,33-34,38H,5-6,11-12,17-21,24-25H2,1-4H3/t30-,33?,34?/m1/s1. The van der Waals surface area contributed by atoms with Crippen molar-refractivity contribution in [3.63, 3.8) is 0 Å². The molecule has 1 N–H and O–H groups in total. The quantitative estimate of drug-likeness (QED) is 0.390. The van der Waals surface area contributed by atoms with Gasteiger partial charge in [-0.05, 0) is 115 Å². The van der Waals surface area contributed by atoms with E-state index in [0.29, 0.717) is 29.0 Å². The van der Waals surface area contributed by atoms with Crippen molar-refractivity contribution < 1.29 is 9.84 Å². The molecule has 0 amide bonds. The highest BCUT2D eigenvalue weighted by molar-refractivity contribution is 5.37. The van der Waals surface area contributed by atoms with E-state index < -0.39 is 0 Å². The van der Waals surface area contributed by atoms with Crippen LogP contribution in [0.15, 0.2) is 66.5 Å². The van der Waals surface area contributed by atoms with E-state index in [-0.39, 0.29) is 0 Å². The topological polar surface area (TPSA) is 35.9 Å². The first kappa shape index (κ1) is 28.0. The fraction of sp³-hybridized carbons (Fsp3) is 0.543. The molecule has 2 aromatic rings. The minimum Gasteiger partial charge on any atom is -0.508 e. The van der Waals surface area contributed by atoms with Gasteiger partial charge in [-0.3, -0.25) is 4.90 Å². The van der Waals surface area contributed by atoms with Gasteiger partial charge in [0.15, 0.2) is 0 Å². The van der Waals surface area contributed by atoms with Crippen molar-refractivity contribution >= 4 is 0 Å². The summed E-state index contributed by atoms with van der Waals surface area (Å²) in [4.78, 5) is 5.27. The average Bonchev–Trinajstić information content (AvgIpc) is 2.94. The molecule has 0 saturated carbocycles. The summed E-state index contributed by atoms with van der Waals surface area (Å²) in [5.41, 5.74) is 5.98. The Labute approximate surface area is 236 Å². The van der Waals surface area contributed by atoms with Gasteiger partial charge in [0.05, 0.1) is 7.11 Å². The van der Waals surface area contributed by atoms with Gasteiger partial charge in [0.2, 0.25) is 0 Å². The molecule has 1 fully saturated rings. The second-order valence-electron chi connectivity index (χ2n) is 12.8. The minimum absolute atomic E-state index is 0.306. The summed E-state index contributed by atoms with van der Waals surface area (Å²) >= 11 is 0. The number of phenols is 1. The van der Waals surface area contributed by atoms with Gasteiger partial charge >= 0.3 is 0 Å². The van der Waals surface area contributed by atoms with E-state index in [1.54, 1.807) is 7.11 Å². The highest BCUT2D eigenvalue weighted by Gasteiger charge is 2.34. The Hall–Kier alpha value is -2.56. The highest BCUT2D eigenvalue weighted by Crippen LogP contribution is 2.38. The average molecular weight is 529 g/mol. The van der Waals surface area contributed by atoms with Crippen LogP contribution in [-0.2, 0) is 30.5 Å². The van der Waals surface area contributed by atoms with Gasteiger partial charge in [-0.15, -0.1) is 0 Å². The van der Waals surface area contributed by atoms with Crippen LogP contribution >= 0.6 is 0 Å². The van der Waals surface area contributed by atoms with Crippen molar-refractivity contribution in [1.82, 2.24) is 9.80 Å². The number of likely N-dealkylation sites (N-methyl/N-ethyl adjacent to an activating group) is 1. The number of phenolic OH excluding ortho intramolecular Hbond substituents is 1. The summed E-state index contributed by atoms with van der Waals surface area (Å²) in [5, 5.41) is 9.93. The Kier molecular flexibility index (Phi) is 8.83. The summed E-state index contributed by atoms with van der Waals surface area (Å²) in [6.07, 6.45) is 14.0. The molecule has 0 spiro atoms. The van der Waals surface area contributed by atoms with Crippen LogP contribution < -0.4 is 0 Å². The lowest BCUT2D eigenvalue weighted by atomic mass is 9.72. The molecule has 2 aliphatic carbocycles. The molecule has 1 heterocycles. The SMILES string of the molecule is CCN(Cc1ccc(CCN2CCCC(C)(C)C2)cc1)C1C=C(OC)C=CC1[C@@H]1CCc2cc(O)ccc2C1. The molecule has 0 radical (unpaired) electrons. The Balaban J connectivity index is 1.24. The number of methoxy groups -OCH3 is 1. The van der Waals surface area contributed by atoms with Crippen molar-refractivity contribution in [2.45, 2.75) is 71.9 Å². The zero-order chi connectivity index (χ0) is 27.4. The van der Waals surface area contributed by atoms with Crippen molar-refractivity contribution in [1.29, 1.82) is 0 Å². The van der Waals surface area contributed by atoms with Gasteiger partial charge in [-0.25, -0.2) is 0 Å². The highest BCUT2D eigenvalue weighted by atomic mass is 16.5. The fourth-order valence-electron chi connectivity index (χ4n) is 7.17. The molecule has 1 saturated heterocycles. The Morgan fingerprint density at radius 1 is 1.08 bits per heavy atom. The molecular weight excluding hydrogens is 480 g/mol. The first-order chi connectivity index (χ1) is 18.8. The molecule has 1 aliphatic heterocycles. The summed E-state index contributed by atoms with van der Waals surface area (Å²) in [7, 11) is 1.77. The molecule has 2 aromatic carbocycles. The monoisotopic (exact) mass is 528 g/mol. The molecule has 4 heteroatoms. The van der Waals surface area contributed by atoms with Crippen LogP contribution in [0.2, 0.25) is 0 Å². The van der Waals surface area contributed by atoms with Crippen molar-refractivity contribution in [2.24, 2.45) is 17.3 Å². The minimum atomic E-state index is 0.306. The van der Waals surface area contributed by atoms with Crippen molar-refractivity contribution in [3.8, 4) is 5.75 Å². The number of aryl methyl sites for hydroxylation is 1. The van der Waals surface area contributed by atoms with E-state index in [1.807, 2.05) is 12.1 Å². The van der Waals surface area contributed by atoms with Crippen LogP contribution in [-0.4, -0.2) is 54.2 Å². The molecule has 210 valence electrons. The fourth-order valence-corrected chi connectivity index (χ4v) is 7.17. The number of allylic oxidation sites excluding steroid dienone is 1. The van der Waals surface area contributed by atoms with Crippen molar-refractivity contribution in [3.05, 3.63) is 88.7 Å². The smallest absolute Gasteiger partial charge is 0.116 e. The molecule has 5 rings (SSSR count). The number of hydrogen-bond donors (Lipinski definition) is 1. The third-order valence-electron chi connectivity index (χ3n) is 9.38. The number of ether oxygens (including phenoxy) is 1. The van der Waals surface area contributed by atoms with Crippen LogP contribution in [0.25, 0.3) is 0 Å². The van der Waals surface area contributed by atoms with E-state index in [4.69, 9.17) is 4.74 Å². The Morgan fingerprint density at radius 3 is 2.62 bits per heavy atom. The van der Waals surface area contributed by atoms with Crippen LogP contribution in [0.3, 0.4) is 0 Å².